The zero-order chi connectivity index (χ0) is 22.4. The summed E-state index contributed by atoms with van der Waals surface area (Å²) in [4.78, 5) is 41.5. The van der Waals surface area contributed by atoms with Gasteiger partial charge in [-0.3, -0.25) is 19.9 Å². The number of anilines is 1. The van der Waals surface area contributed by atoms with Gasteiger partial charge in [0.15, 0.2) is 0 Å². The molecule has 2 heterocycles. The standard InChI is InChI=1S/C22H28N4O4S/c1-3-30-22(29)17-13(2)19(20(23)28)31-21(17)26-16(27)12-25-18(14-8-4-5-9-14)15-10-6-7-11-24-15/h6-7,10-11,14,18,25H,3-5,8-9,12H2,1-2H3,(H2,23,28)(H,26,27). The molecule has 8 nitrogen and oxygen atoms in total. The Kier molecular flexibility index (Phi) is 7.75. The van der Waals surface area contributed by atoms with E-state index in [9.17, 15) is 14.4 Å². The predicted octanol–water partition coefficient (Wildman–Crippen LogP) is 3.19. The number of amides is 2. The minimum atomic E-state index is -0.650. The molecule has 1 unspecified atom stereocenters. The molecule has 1 aliphatic rings. The number of nitrogens with zero attached hydrogens (tertiary/aromatic N) is 1. The van der Waals surface area contributed by atoms with Crippen molar-refractivity contribution in [1.29, 1.82) is 0 Å². The fraction of sp³-hybridized carbons (Fsp3) is 0.455. The summed E-state index contributed by atoms with van der Waals surface area (Å²) in [5.41, 5.74) is 6.92. The summed E-state index contributed by atoms with van der Waals surface area (Å²) < 4.78 is 5.09. The first-order chi connectivity index (χ1) is 14.9. The van der Waals surface area contributed by atoms with Gasteiger partial charge in [0.2, 0.25) is 5.91 Å². The molecule has 1 saturated carbocycles. The molecule has 1 aliphatic carbocycles. The summed E-state index contributed by atoms with van der Waals surface area (Å²) in [6, 6.07) is 5.76. The minimum Gasteiger partial charge on any atom is -0.462 e. The Morgan fingerprint density at radius 1 is 1.29 bits per heavy atom. The lowest BCUT2D eigenvalue weighted by molar-refractivity contribution is -0.115. The highest BCUT2D eigenvalue weighted by molar-refractivity contribution is 7.18. The van der Waals surface area contributed by atoms with Gasteiger partial charge in [-0.05, 0) is 50.3 Å². The highest BCUT2D eigenvalue weighted by Crippen LogP contribution is 2.35. The maximum absolute atomic E-state index is 12.7. The summed E-state index contributed by atoms with van der Waals surface area (Å²) in [5, 5.41) is 6.36. The van der Waals surface area contributed by atoms with Crippen molar-refractivity contribution in [3.63, 3.8) is 0 Å². The zero-order valence-corrected chi connectivity index (χ0v) is 18.6. The van der Waals surface area contributed by atoms with Crippen molar-refractivity contribution in [1.82, 2.24) is 10.3 Å². The van der Waals surface area contributed by atoms with E-state index in [0.717, 1.165) is 29.9 Å². The monoisotopic (exact) mass is 444 g/mol. The van der Waals surface area contributed by atoms with Gasteiger partial charge in [0.1, 0.15) is 5.00 Å². The van der Waals surface area contributed by atoms with Crippen LogP contribution in [0.5, 0.6) is 0 Å². The van der Waals surface area contributed by atoms with Crippen molar-refractivity contribution in [2.45, 2.75) is 45.6 Å². The molecule has 3 rings (SSSR count). The van der Waals surface area contributed by atoms with E-state index in [2.05, 4.69) is 15.6 Å². The first-order valence-electron chi connectivity index (χ1n) is 10.5. The van der Waals surface area contributed by atoms with Crippen molar-refractivity contribution in [2.24, 2.45) is 11.7 Å². The van der Waals surface area contributed by atoms with E-state index in [4.69, 9.17) is 10.5 Å². The van der Waals surface area contributed by atoms with Gasteiger partial charge in [0.25, 0.3) is 5.91 Å². The zero-order valence-electron chi connectivity index (χ0n) is 17.8. The molecule has 1 fully saturated rings. The maximum atomic E-state index is 12.7. The first-order valence-corrected chi connectivity index (χ1v) is 11.3. The smallest absolute Gasteiger partial charge is 0.341 e. The van der Waals surface area contributed by atoms with Crippen molar-refractivity contribution in [3.8, 4) is 0 Å². The number of carbonyl (C=O) groups is 3. The van der Waals surface area contributed by atoms with E-state index in [1.54, 1.807) is 20.0 Å². The molecule has 0 saturated heterocycles. The SMILES string of the molecule is CCOC(=O)c1c(NC(=O)CNC(c2ccccn2)C2CCCC2)sc(C(N)=O)c1C. The number of hydrogen-bond donors (Lipinski definition) is 3. The van der Waals surface area contributed by atoms with E-state index in [1.165, 1.54) is 12.8 Å². The average Bonchev–Trinajstić information content (AvgIpc) is 3.37. The van der Waals surface area contributed by atoms with Crippen LogP contribution in [-0.4, -0.2) is 35.9 Å². The highest BCUT2D eigenvalue weighted by Gasteiger charge is 2.29. The van der Waals surface area contributed by atoms with Gasteiger partial charge in [0, 0.05) is 6.20 Å². The molecule has 0 aromatic carbocycles. The maximum Gasteiger partial charge on any atom is 0.341 e. The molecule has 2 amide bonds. The summed E-state index contributed by atoms with van der Waals surface area (Å²) in [7, 11) is 0. The molecule has 0 spiro atoms. The van der Waals surface area contributed by atoms with Crippen LogP contribution in [0.1, 0.15) is 69.9 Å². The van der Waals surface area contributed by atoms with Crippen LogP contribution in [0.3, 0.4) is 0 Å². The number of nitrogens with one attached hydrogen (secondary N) is 2. The molecular formula is C22H28N4O4S. The molecule has 9 heteroatoms. The quantitative estimate of drug-likeness (QED) is 0.511. The van der Waals surface area contributed by atoms with E-state index < -0.39 is 11.9 Å². The average molecular weight is 445 g/mol. The number of ether oxygens (including phenoxy) is 1. The highest BCUT2D eigenvalue weighted by atomic mass is 32.1. The van der Waals surface area contributed by atoms with Crippen LogP contribution >= 0.6 is 11.3 Å². The topological polar surface area (TPSA) is 123 Å². The van der Waals surface area contributed by atoms with Crippen LogP contribution in [0.2, 0.25) is 0 Å². The van der Waals surface area contributed by atoms with Gasteiger partial charge < -0.3 is 15.8 Å². The number of rotatable bonds is 9. The Labute approximate surface area is 185 Å². The van der Waals surface area contributed by atoms with Crippen LogP contribution in [0, 0.1) is 12.8 Å². The fourth-order valence-electron chi connectivity index (χ4n) is 4.02. The normalized spacial score (nSPS) is 14.9. The second-order valence-corrected chi connectivity index (χ2v) is 8.57. The van der Waals surface area contributed by atoms with Crippen molar-refractivity contribution >= 4 is 34.1 Å². The molecule has 31 heavy (non-hydrogen) atoms. The number of aromatic nitrogens is 1. The number of nitrogens with two attached hydrogens (primary N) is 1. The van der Waals surface area contributed by atoms with Gasteiger partial charge in [0.05, 0.1) is 35.3 Å². The second kappa shape index (κ2) is 10.5. The van der Waals surface area contributed by atoms with Crippen molar-refractivity contribution in [3.05, 3.63) is 46.1 Å². The third-order valence-electron chi connectivity index (χ3n) is 5.46. The first kappa shape index (κ1) is 22.9. The fourth-order valence-corrected chi connectivity index (χ4v) is 5.09. The van der Waals surface area contributed by atoms with Gasteiger partial charge >= 0.3 is 5.97 Å². The van der Waals surface area contributed by atoms with E-state index >= 15 is 0 Å². The van der Waals surface area contributed by atoms with Gasteiger partial charge in [-0.25, -0.2) is 4.79 Å². The number of primary amides is 1. The molecule has 2 aromatic rings. The van der Waals surface area contributed by atoms with E-state index in [1.807, 2.05) is 18.2 Å². The summed E-state index contributed by atoms with van der Waals surface area (Å²) in [5.74, 6) is -1.14. The Hall–Kier alpha value is -2.78. The molecule has 166 valence electrons. The number of thiophene rings is 1. The number of pyridine rings is 1. The largest absolute Gasteiger partial charge is 0.462 e. The lowest BCUT2D eigenvalue weighted by Crippen LogP contribution is -2.35. The molecular weight excluding hydrogens is 416 g/mol. The Morgan fingerprint density at radius 3 is 2.65 bits per heavy atom. The second-order valence-electron chi connectivity index (χ2n) is 7.55. The van der Waals surface area contributed by atoms with Crippen molar-refractivity contribution in [2.75, 3.05) is 18.5 Å². The minimum absolute atomic E-state index is 0.0229. The third-order valence-corrected chi connectivity index (χ3v) is 6.69. The van der Waals surface area contributed by atoms with E-state index in [-0.39, 0.29) is 40.5 Å². The Balaban J connectivity index is 1.74. The lowest BCUT2D eigenvalue weighted by atomic mass is 9.95. The molecule has 0 radical (unpaired) electrons. The van der Waals surface area contributed by atoms with Crippen LogP contribution in [0.15, 0.2) is 24.4 Å². The van der Waals surface area contributed by atoms with Crippen LogP contribution in [-0.2, 0) is 9.53 Å². The van der Waals surface area contributed by atoms with Crippen LogP contribution in [0.4, 0.5) is 5.00 Å². The Morgan fingerprint density at radius 2 is 2.03 bits per heavy atom. The summed E-state index contributed by atoms with van der Waals surface area (Å²) in [6.07, 6.45) is 6.29. The third kappa shape index (κ3) is 5.48. The molecule has 4 N–H and O–H groups in total. The summed E-state index contributed by atoms with van der Waals surface area (Å²) >= 11 is 0.985. The predicted molar refractivity (Wildman–Crippen MR) is 119 cm³/mol. The Bertz CT molecular complexity index is 938. The number of hydrogen-bond acceptors (Lipinski definition) is 7. The van der Waals surface area contributed by atoms with Crippen LogP contribution < -0.4 is 16.4 Å². The molecule has 0 bridgehead atoms. The van der Waals surface area contributed by atoms with Crippen LogP contribution in [0.25, 0.3) is 0 Å². The van der Waals surface area contributed by atoms with Gasteiger partial charge in [-0.15, -0.1) is 11.3 Å². The lowest BCUT2D eigenvalue weighted by Gasteiger charge is -2.24. The van der Waals surface area contributed by atoms with Crippen molar-refractivity contribution < 1.29 is 19.1 Å². The molecule has 2 aromatic heterocycles. The molecule has 1 atom stereocenters. The number of esters is 1. The number of carbonyl (C=O) groups excluding carboxylic acids is 3. The molecule has 0 aliphatic heterocycles. The van der Waals surface area contributed by atoms with E-state index in [0.29, 0.717) is 11.5 Å². The van der Waals surface area contributed by atoms with Gasteiger partial charge in [-0.1, -0.05) is 18.9 Å². The summed E-state index contributed by atoms with van der Waals surface area (Å²) in [6.45, 7) is 3.54. The van der Waals surface area contributed by atoms with Gasteiger partial charge in [-0.2, -0.15) is 0 Å².